The summed E-state index contributed by atoms with van der Waals surface area (Å²) in [5.41, 5.74) is -0.367. The molecule has 0 aromatic carbocycles. The lowest BCUT2D eigenvalue weighted by Crippen LogP contribution is -2.33. The van der Waals surface area contributed by atoms with Crippen molar-refractivity contribution in [2.45, 2.75) is 40.2 Å². The van der Waals surface area contributed by atoms with E-state index in [-0.39, 0.29) is 11.3 Å². The predicted molar refractivity (Wildman–Crippen MR) is 45.3 cm³/mol. The Balaban J connectivity index is 4.36. The quantitative estimate of drug-likeness (QED) is 0.631. The van der Waals surface area contributed by atoms with Crippen molar-refractivity contribution in [2.24, 2.45) is 11.3 Å². The number of hydrogen-bond acceptors (Lipinski definition) is 2. The third kappa shape index (κ3) is 2.29. The summed E-state index contributed by atoms with van der Waals surface area (Å²) >= 11 is 0. The molecular weight excluding hydrogens is 140 g/mol. The van der Waals surface area contributed by atoms with Crippen LogP contribution in [0, 0.1) is 11.3 Å². The van der Waals surface area contributed by atoms with Crippen LogP contribution in [0.5, 0.6) is 0 Å². The van der Waals surface area contributed by atoms with Crippen molar-refractivity contribution in [2.75, 3.05) is 0 Å². The monoisotopic (exact) mass is 158 g/mol. The Morgan fingerprint density at radius 1 is 1.55 bits per heavy atom. The molecule has 0 bridgehead atoms. The van der Waals surface area contributed by atoms with E-state index in [1.165, 1.54) is 0 Å². The Morgan fingerprint density at radius 2 is 2.00 bits per heavy atom. The van der Waals surface area contributed by atoms with Crippen LogP contribution in [-0.2, 0) is 4.79 Å². The lowest BCUT2D eigenvalue weighted by molar-refractivity contribution is -0.120. The molecule has 0 radical (unpaired) electrons. The topological polar surface area (TPSA) is 37.3 Å². The molecule has 0 rings (SSSR count). The maximum absolute atomic E-state index is 10.7. The highest BCUT2D eigenvalue weighted by Crippen LogP contribution is 2.30. The lowest BCUT2D eigenvalue weighted by Gasteiger charge is -2.30. The second-order valence-electron chi connectivity index (χ2n) is 3.51. The largest absolute Gasteiger partial charge is 0.393 e. The predicted octanol–water partition coefficient (Wildman–Crippen LogP) is 1.62. The van der Waals surface area contributed by atoms with Crippen LogP contribution in [0.1, 0.15) is 34.1 Å². The normalized spacial score (nSPS) is 21.9. The highest BCUT2D eigenvalue weighted by atomic mass is 16.3. The van der Waals surface area contributed by atoms with Gasteiger partial charge in [-0.05, 0) is 19.3 Å². The average molecular weight is 158 g/mol. The maximum atomic E-state index is 10.7. The van der Waals surface area contributed by atoms with Crippen molar-refractivity contribution >= 4 is 6.29 Å². The van der Waals surface area contributed by atoms with Crippen molar-refractivity contribution in [1.82, 2.24) is 0 Å². The fraction of sp³-hybridized carbons (Fsp3) is 0.889. The molecule has 0 amide bonds. The fourth-order valence-corrected chi connectivity index (χ4v) is 1.06. The summed E-state index contributed by atoms with van der Waals surface area (Å²) in [6.07, 6.45) is 1.32. The average Bonchev–Trinajstić information content (AvgIpc) is 2.01. The first-order chi connectivity index (χ1) is 4.98. The third-order valence-corrected chi connectivity index (χ3v) is 2.79. The van der Waals surface area contributed by atoms with E-state index < -0.39 is 6.10 Å². The molecule has 2 heteroatoms. The lowest BCUT2D eigenvalue weighted by atomic mass is 9.75. The van der Waals surface area contributed by atoms with Gasteiger partial charge in [-0.25, -0.2) is 0 Å². The highest BCUT2D eigenvalue weighted by molar-refractivity contribution is 5.59. The van der Waals surface area contributed by atoms with Gasteiger partial charge in [-0.15, -0.1) is 0 Å². The molecule has 66 valence electrons. The molecule has 0 heterocycles. The van der Waals surface area contributed by atoms with E-state index in [0.29, 0.717) is 0 Å². The molecule has 0 spiro atoms. The third-order valence-electron chi connectivity index (χ3n) is 2.79. The molecule has 0 aliphatic heterocycles. The van der Waals surface area contributed by atoms with Crippen molar-refractivity contribution in [3.05, 3.63) is 0 Å². The minimum atomic E-state index is -0.412. The SMILES string of the molecule is CCC(C)(C=O)C(C)C(C)O. The van der Waals surface area contributed by atoms with Gasteiger partial charge in [0.05, 0.1) is 6.10 Å². The number of aldehydes is 1. The summed E-state index contributed by atoms with van der Waals surface area (Å²) < 4.78 is 0. The smallest absolute Gasteiger partial charge is 0.126 e. The van der Waals surface area contributed by atoms with Crippen molar-refractivity contribution in [3.8, 4) is 0 Å². The van der Waals surface area contributed by atoms with Crippen molar-refractivity contribution < 1.29 is 9.90 Å². The van der Waals surface area contributed by atoms with Crippen LogP contribution in [0.25, 0.3) is 0 Å². The molecule has 3 atom stereocenters. The van der Waals surface area contributed by atoms with E-state index in [4.69, 9.17) is 0 Å². The summed E-state index contributed by atoms with van der Waals surface area (Å²) in [4.78, 5) is 10.7. The van der Waals surface area contributed by atoms with Crippen LogP contribution in [0.15, 0.2) is 0 Å². The molecule has 0 saturated carbocycles. The molecule has 11 heavy (non-hydrogen) atoms. The Hall–Kier alpha value is -0.370. The zero-order valence-electron chi connectivity index (χ0n) is 7.79. The molecule has 0 fully saturated rings. The van der Waals surface area contributed by atoms with E-state index in [2.05, 4.69) is 0 Å². The Morgan fingerprint density at radius 3 is 2.09 bits per heavy atom. The van der Waals surface area contributed by atoms with Gasteiger partial charge in [0.15, 0.2) is 0 Å². The van der Waals surface area contributed by atoms with Gasteiger partial charge in [0.2, 0.25) is 0 Å². The Kier molecular flexibility index (Phi) is 3.73. The van der Waals surface area contributed by atoms with E-state index in [1.54, 1.807) is 6.92 Å². The highest BCUT2D eigenvalue weighted by Gasteiger charge is 2.31. The summed E-state index contributed by atoms with van der Waals surface area (Å²) in [6, 6.07) is 0. The van der Waals surface area contributed by atoms with Crippen LogP contribution < -0.4 is 0 Å². The minimum Gasteiger partial charge on any atom is -0.393 e. The van der Waals surface area contributed by atoms with E-state index in [0.717, 1.165) is 12.7 Å². The first-order valence-electron chi connectivity index (χ1n) is 4.12. The molecule has 1 N–H and O–H groups in total. The second kappa shape index (κ2) is 3.86. The number of carbonyl (C=O) groups excluding carboxylic acids is 1. The first kappa shape index (κ1) is 10.6. The molecule has 0 saturated heterocycles. The molecule has 0 aliphatic carbocycles. The summed E-state index contributed by atoms with van der Waals surface area (Å²) in [5.74, 6) is 0.0324. The van der Waals surface area contributed by atoms with Gasteiger partial charge in [0, 0.05) is 5.41 Å². The molecule has 3 unspecified atom stereocenters. The first-order valence-corrected chi connectivity index (χ1v) is 4.12. The van der Waals surface area contributed by atoms with E-state index >= 15 is 0 Å². The molecule has 0 aromatic heterocycles. The second-order valence-corrected chi connectivity index (χ2v) is 3.51. The fourth-order valence-electron chi connectivity index (χ4n) is 1.06. The van der Waals surface area contributed by atoms with Crippen LogP contribution >= 0.6 is 0 Å². The van der Waals surface area contributed by atoms with Crippen molar-refractivity contribution in [1.29, 1.82) is 0 Å². The number of carbonyl (C=O) groups is 1. The summed E-state index contributed by atoms with van der Waals surface area (Å²) in [5, 5.41) is 9.26. The van der Waals surface area contributed by atoms with Gasteiger partial charge < -0.3 is 9.90 Å². The minimum absolute atomic E-state index is 0.0324. The van der Waals surface area contributed by atoms with Gasteiger partial charge in [0.25, 0.3) is 0 Å². The van der Waals surface area contributed by atoms with Crippen molar-refractivity contribution in [3.63, 3.8) is 0 Å². The van der Waals surface area contributed by atoms with Gasteiger partial charge in [-0.3, -0.25) is 0 Å². The van der Waals surface area contributed by atoms with Gasteiger partial charge in [-0.1, -0.05) is 20.8 Å². The van der Waals surface area contributed by atoms with Crippen LogP contribution in [0.3, 0.4) is 0 Å². The maximum Gasteiger partial charge on any atom is 0.126 e. The molecule has 2 nitrogen and oxygen atoms in total. The zero-order valence-corrected chi connectivity index (χ0v) is 7.79. The molecule has 0 aromatic rings. The number of rotatable bonds is 4. The van der Waals surface area contributed by atoms with E-state index in [1.807, 2.05) is 20.8 Å². The number of aliphatic hydroxyl groups excluding tert-OH is 1. The van der Waals surface area contributed by atoms with Gasteiger partial charge in [0.1, 0.15) is 6.29 Å². The zero-order chi connectivity index (χ0) is 9.07. The summed E-state index contributed by atoms with van der Waals surface area (Å²) in [6.45, 7) is 7.48. The Bertz CT molecular complexity index is 132. The van der Waals surface area contributed by atoms with Gasteiger partial charge in [-0.2, -0.15) is 0 Å². The summed E-state index contributed by atoms with van der Waals surface area (Å²) in [7, 11) is 0. The number of aliphatic hydroxyl groups is 1. The van der Waals surface area contributed by atoms with E-state index in [9.17, 15) is 9.90 Å². The van der Waals surface area contributed by atoms with Crippen LogP contribution in [0.2, 0.25) is 0 Å². The van der Waals surface area contributed by atoms with Gasteiger partial charge >= 0.3 is 0 Å². The Labute approximate surface area is 68.6 Å². The molecular formula is C9H18O2. The van der Waals surface area contributed by atoms with Crippen LogP contribution in [-0.4, -0.2) is 17.5 Å². The molecule has 0 aliphatic rings. The van der Waals surface area contributed by atoms with Crippen LogP contribution in [0.4, 0.5) is 0 Å². The standard InChI is InChI=1S/C9H18O2/c1-5-9(4,6-10)7(2)8(3)11/h6-8,11H,5H2,1-4H3. The number of hydrogen-bond donors (Lipinski definition) is 1.